The molecule has 0 aromatic carbocycles. The van der Waals surface area contributed by atoms with Gasteiger partial charge in [0.05, 0.1) is 34.4 Å². The fourth-order valence-electron chi connectivity index (χ4n) is 5.60. The van der Waals surface area contributed by atoms with E-state index in [1.165, 1.54) is 32.1 Å². The lowest BCUT2D eigenvalue weighted by molar-refractivity contribution is -0.870. The molecular weight excluding hydrogens is 743 g/mol. The van der Waals surface area contributed by atoms with Crippen LogP contribution in [0.15, 0.2) is 85.1 Å². The maximum atomic E-state index is 12.8. The van der Waals surface area contributed by atoms with Gasteiger partial charge in [0.1, 0.15) is 13.2 Å². The Morgan fingerprint density at radius 1 is 0.525 bits per heavy atom. The normalized spacial score (nSPS) is 13.7. The molecule has 59 heavy (non-hydrogen) atoms. The molecule has 0 amide bonds. The van der Waals surface area contributed by atoms with Gasteiger partial charge in [-0.2, -0.15) is 0 Å². The highest BCUT2D eigenvalue weighted by Gasteiger charge is 2.25. The number of carboxylic acids is 1. The van der Waals surface area contributed by atoms with Gasteiger partial charge in [0, 0.05) is 12.8 Å². The van der Waals surface area contributed by atoms with E-state index >= 15 is 0 Å². The van der Waals surface area contributed by atoms with Gasteiger partial charge in [0.15, 0.2) is 6.10 Å². The van der Waals surface area contributed by atoms with Crippen molar-refractivity contribution < 1.29 is 42.9 Å². The van der Waals surface area contributed by atoms with Crippen LogP contribution in [0.4, 0.5) is 0 Å². The van der Waals surface area contributed by atoms with Gasteiger partial charge in [0.2, 0.25) is 0 Å². The van der Waals surface area contributed by atoms with Crippen molar-refractivity contribution in [1.82, 2.24) is 0 Å². The number of nitrogens with zero attached hydrogens (tertiary/aromatic N) is 1. The highest BCUT2D eigenvalue weighted by atomic mass is 16.7. The Hall–Kier alpha value is -3.53. The number of carbonyl (C=O) groups excluding carboxylic acids is 2. The number of esters is 2. The summed E-state index contributed by atoms with van der Waals surface area (Å²) in [4.78, 5) is 37.1. The van der Waals surface area contributed by atoms with Gasteiger partial charge in [0.25, 0.3) is 6.29 Å². The van der Waals surface area contributed by atoms with Crippen LogP contribution in [-0.2, 0) is 33.3 Å². The van der Waals surface area contributed by atoms with Crippen LogP contribution in [-0.4, -0.2) is 87.4 Å². The average Bonchev–Trinajstić information content (AvgIpc) is 3.19. The lowest BCUT2D eigenvalue weighted by atomic mass is 10.1. The molecule has 9 heteroatoms. The van der Waals surface area contributed by atoms with Gasteiger partial charge in [-0.1, -0.05) is 137 Å². The van der Waals surface area contributed by atoms with Crippen LogP contribution in [0.2, 0.25) is 0 Å². The van der Waals surface area contributed by atoms with E-state index in [1.54, 1.807) is 0 Å². The van der Waals surface area contributed by atoms with E-state index in [1.807, 2.05) is 21.1 Å². The van der Waals surface area contributed by atoms with E-state index in [0.29, 0.717) is 17.4 Å². The predicted molar refractivity (Wildman–Crippen MR) is 244 cm³/mol. The first-order chi connectivity index (χ1) is 28.6. The SMILES string of the molecule is CC/C=C\C/C=C\C/C=C\C/C=C\C/C=C\C/C=C\CCCCC(=O)OC(COC(=O)CCCCCCC/C=C\CCCCCC)COC(OCC[N+](C)(C)C)C(=O)O. The number of aliphatic carboxylic acids is 1. The van der Waals surface area contributed by atoms with Crippen molar-refractivity contribution in [3.63, 3.8) is 0 Å². The van der Waals surface area contributed by atoms with Gasteiger partial charge in [-0.15, -0.1) is 0 Å². The zero-order chi connectivity index (χ0) is 43.5. The second-order valence-electron chi connectivity index (χ2n) is 16.0. The highest BCUT2D eigenvalue weighted by molar-refractivity contribution is 5.71. The van der Waals surface area contributed by atoms with Crippen molar-refractivity contribution in [2.24, 2.45) is 0 Å². The topological polar surface area (TPSA) is 108 Å². The molecule has 0 aliphatic heterocycles. The fourth-order valence-corrected chi connectivity index (χ4v) is 5.60. The van der Waals surface area contributed by atoms with Gasteiger partial charge < -0.3 is 28.5 Å². The van der Waals surface area contributed by atoms with E-state index in [2.05, 4.69) is 98.9 Å². The standard InChI is InChI=1S/C50H83NO8/c1-6-8-10-12-14-16-18-20-21-22-23-24-25-26-27-29-31-33-35-37-39-41-48(53)59-46(45-58-50(49(54)55)56-43-42-51(3,4)5)44-57-47(52)40-38-36-34-32-30-28-19-17-15-13-11-9-7-2/h8,10,14,16-17,19-21,23-24,26-27,31,33,46,50H,6-7,9,11-13,15,18,22,25,28-30,32,34-45H2,1-5H3/p+1/b10-8-,16-14-,19-17-,21-20-,24-23-,27-26-,33-31-. The minimum Gasteiger partial charge on any atom is -0.477 e. The Bertz CT molecular complexity index is 1240. The lowest BCUT2D eigenvalue weighted by Gasteiger charge is -2.25. The number of hydrogen-bond acceptors (Lipinski definition) is 7. The van der Waals surface area contributed by atoms with Crippen LogP contribution in [0.5, 0.6) is 0 Å². The average molecular weight is 827 g/mol. The zero-order valence-electron chi connectivity index (χ0n) is 37.9. The van der Waals surface area contributed by atoms with Crippen LogP contribution in [0.3, 0.4) is 0 Å². The number of rotatable bonds is 40. The Labute approximate surface area is 359 Å². The summed E-state index contributed by atoms with van der Waals surface area (Å²) in [5.41, 5.74) is 0. The molecule has 9 nitrogen and oxygen atoms in total. The quantitative estimate of drug-likeness (QED) is 0.0214. The number of hydrogen-bond donors (Lipinski definition) is 1. The van der Waals surface area contributed by atoms with Gasteiger partial charge in [-0.25, -0.2) is 4.79 Å². The van der Waals surface area contributed by atoms with Crippen molar-refractivity contribution in [2.75, 3.05) is 47.5 Å². The molecule has 0 aromatic heterocycles. The van der Waals surface area contributed by atoms with E-state index in [-0.39, 0.29) is 38.6 Å². The number of ether oxygens (including phenoxy) is 4. The summed E-state index contributed by atoms with van der Waals surface area (Å²) >= 11 is 0. The smallest absolute Gasteiger partial charge is 0.361 e. The summed E-state index contributed by atoms with van der Waals surface area (Å²) in [6, 6.07) is 0. The van der Waals surface area contributed by atoms with Crippen LogP contribution in [0, 0.1) is 0 Å². The molecule has 0 spiro atoms. The Morgan fingerprint density at radius 2 is 0.966 bits per heavy atom. The molecule has 2 unspecified atom stereocenters. The van der Waals surface area contributed by atoms with Crippen LogP contribution < -0.4 is 0 Å². The van der Waals surface area contributed by atoms with E-state index in [0.717, 1.165) is 89.9 Å². The largest absolute Gasteiger partial charge is 0.477 e. The second-order valence-corrected chi connectivity index (χ2v) is 16.0. The first kappa shape index (κ1) is 55.5. The first-order valence-electron chi connectivity index (χ1n) is 22.8. The maximum absolute atomic E-state index is 12.8. The Kier molecular flexibility index (Phi) is 38.7. The van der Waals surface area contributed by atoms with Crippen molar-refractivity contribution in [3.8, 4) is 0 Å². The summed E-state index contributed by atoms with van der Waals surface area (Å²) in [5.74, 6) is -2.09. The molecule has 0 heterocycles. The number of carboxylic acid groups (broad SMARTS) is 1. The monoisotopic (exact) mass is 827 g/mol. The summed E-state index contributed by atoms with van der Waals surface area (Å²) in [6.45, 7) is 4.65. The number of quaternary nitrogens is 1. The summed E-state index contributed by atoms with van der Waals surface area (Å²) < 4.78 is 22.7. The third-order valence-electron chi connectivity index (χ3n) is 9.14. The maximum Gasteiger partial charge on any atom is 0.361 e. The molecule has 0 bridgehead atoms. The van der Waals surface area contributed by atoms with Crippen molar-refractivity contribution in [2.45, 2.75) is 167 Å². The van der Waals surface area contributed by atoms with Crippen molar-refractivity contribution in [1.29, 1.82) is 0 Å². The van der Waals surface area contributed by atoms with Crippen LogP contribution >= 0.6 is 0 Å². The predicted octanol–water partition coefficient (Wildman–Crippen LogP) is 12.1. The van der Waals surface area contributed by atoms with Crippen LogP contribution in [0.1, 0.15) is 155 Å². The van der Waals surface area contributed by atoms with E-state index in [9.17, 15) is 19.5 Å². The first-order valence-corrected chi connectivity index (χ1v) is 22.8. The number of carbonyl (C=O) groups is 3. The minimum atomic E-state index is -1.53. The molecule has 0 aliphatic rings. The summed E-state index contributed by atoms with van der Waals surface area (Å²) in [7, 11) is 5.93. The molecule has 0 saturated carbocycles. The Balaban J connectivity index is 4.55. The van der Waals surface area contributed by atoms with Crippen LogP contribution in [0.25, 0.3) is 0 Å². The highest BCUT2D eigenvalue weighted by Crippen LogP contribution is 2.11. The number of unbranched alkanes of at least 4 members (excludes halogenated alkanes) is 11. The Morgan fingerprint density at radius 3 is 1.49 bits per heavy atom. The number of allylic oxidation sites excluding steroid dienone is 14. The van der Waals surface area contributed by atoms with E-state index in [4.69, 9.17) is 18.9 Å². The van der Waals surface area contributed by atoms with Gasteiger partial charge >= 0.3 is 17.9 Å². The molecule has 0 radical (unpaired) electrons. The third kappa shape index (κ3) is 42.4. The van der Waals surface area contributed by atoms with Crippen molar-refractivity contribution >= 4 is 17.9 Å². The third-order valence-corrected chi connectivity index (χ3v) is 9.14. The molecule has 0 fully saturated rings. The van der Waals surface area contributed by atoms with Gasteiger partial charge in [-0.05, 0) is 89.9 Å². The van der Waals surface area contributed by atoms with Gasteiger partial charge in [-0.3, -0.25) is 9.59 Å². The number of likely N-dealkylation sites (N-methyl/N-ethyl adjacent to an activating group) is 1. The molecular formula is C50H84NO8+. The van der Waals surface area contributed by atoms with E-state index < -0.39 is 24.3 Å². The second kappa shape index (κ2) is 41.2. The molecule has 1 N–H and O–H groups in total. The zero-order valence-corrected chi connectivity index (χ0v) is 37.9. The molecule has 0 aliphatic carbocycles. The lowest BCUT2D eigenvalue weighted by Crippen LogP contribution is -2.40. The molecule has 2 atom stereocenters. The molecule has 0 saturated heterocycles. The fraction of sp³-hybridized carbons (Fsp3) is 0.660. The minimum absolute atomic E-state index is 0.173. The summed E-state index contributed by atoms with van der Waals surface area (Å²) in [6.07, 6.45) is 49.3. The molecule has 0 rings (SSSR count). The van der Waals surface area contributed by atoms with Crippen molar-refractivity contribution in [3.05, 3.63) is 85.1 Å². The summed E-state index contributed by atoms with van der Waals surface area (Å²) in [5, 5.41) is 9.63. The molecule has 0 aromatic rings. The molecule has 336 valence electrons.